The van der Waals surface area contributed by atoms with Crippen LogP contribution in [0, 0.1) is 0 Å². The van der Waals surface area contributed by atoms with E-state index in [9.17, 15) is 19.2 Å². The third-order valence-electron chi connectivity index (χ3n) is 8.66. The Morgan fingerprint density at radius 3 is 2.38 bits per heavy atom. The second-order valence-corrected chi connectivity index (χ2v) is 11.9. The molecule has 200 valence electrons. The van der Waals surface area contributed by atoms with Crippen molar-refractivity contribution in [3.05, 3.63) is 52.6 Å². The summed E-state index contributed by atoms with van der Waals surface area (Å²) >= 11 is 0. The van der Waals surface area contributed by atoms with Crippen molar-refractivity contribution in [3.8, 4) is 5.75 Å². The molecule has 1 unspecified atom stereocenters. The van der Waals surface area contributed by atoms with Crippen LogP contribution >= 0.6 is 0 Å². The number of nitrogens with one attached hydrogen (secondary N) is 1. The number of benzene rings is 2. The highest BCUT2D eigenvalue weighted by molar-refractivity contribution is 6.53. The summed E-state index contributed by atoms with van der Waals surface area (Å²) in [6.45, 7) is 1.42. The fraction of sp³-hybridized carbons (Fsp3) is 0.360. The number of hydrogen-bond acceptors (Lipinski definition) is 6. The minimum Gasteiger partial charge on any atom is -0.501 e. The van der Waals surface area contributed by atoms with Gasteiger partial charge >= 0.3 is 0 Å². The number of piperidine rings is 1. The van der Waals surface area contributed by atoms with E-state index < -0.39 is 22.7 Å². The lowest BCUT2D eigenvalue weighted by atomic mass is 9.51. The normalized spacial score (nSPS) is 19.9. The number of carbonyl (C=O) groups excluding carboxylic acids is 4. The van der Waals surface area contributed by atoms with Crippen molar-refractivity contribution < 1.29 is 28.7 Å². The minimum atomic E-state index is -0.744. The third kappa shape index (κ3) is 4.78. The molecule has 0 aromatic heterocycles. The molecule has 1 N–H and O–H groups in total. The predicted molar refractivity (Wildman–Crippen MR) is 166 cm³/mol. The van der Waals surface area contributed by atoms with Crippen LogP contribution in [0.25, 0.3) is 0 Å². The predicted octanol–water partition coefficient (Wildman–Crippen LogP) is -6.34. The zero-order valence-electron chi connectivity index (χ0n) is 24.1. The van der Waals surface area contributed by atoms with E-state index in [-0.39, 0.29) is 37.3 Å². The number of rotatable bonds is 6. The van der Waals surface area contributed by atoms with Crippen LogP contribution in [0.4, 0.5) is 0 Å². The van der Waals surface area contributed by atoms with Crippen LogP contribution in [0.3, 0.4) is 0 Å². The van der Waals surface area contributed by atoms with Crippen molar-refractivity contribution >= 4 is 81.6 Å². The van der Waals surface area contributed by atoms with Gasteiger partial charge < -0.3 is 19.3 Å². The monoisotopic (exact) mass is 535 g/mol. The lowest BCUT2D eigenvalue weighted by molar-refractivity contribution is -0.145. The molecular formula is C25H31B6N3O6. The molecule has 9 nitrogen and oxygen atoms in total. The lowest BCUT2D eigenvalue weighted by Gasteiger charge is -2.43. The van der Waals surface area contributed by atoms with Gasteiger partial charge in [-0.3, -0.25) is 24.5 Å². The highest BCUT2D eigenvalue weighted by Gasteiger charge is 2.41. The first-order valence-corrected chi connectivity index (χ1v) is 13.8. The van der Waals surface area contributed by atoms with Gasteiger partial charge in [0.1, 0.15) is 49.8 Å². The fourth-order valence-electron chi connectivity index (χ4n) is 6.37. The summed E-state index contributed by atoms with van der Waals surface area (Å²) in [4.78, 5) is 53.4. The van der Waals surface area contributed by atoms with Gasteiger partial charge in [0.15, 0.2) is 15.7 Å². The number of amides is 4. The Labute approximate surface area is 239 Å². The van der Waals surface area contributed by atoms with E-state index in [1.165, 1.54) is 4.90 Å². The number of carbonyl (C=O) groups is 4. The Morgan fingerprint density at radius 2 is 1.68 bits per heavy atom. The molecule has 3 aliphatic heterocycles. The SMILES string of the molecule is Bc1c(C(B)(B)Oc2cccc3c2CN(C2CCC(=O)NC2=O)C3=O)ccc(C(B)(B)N2CCOCC2=O)c1B. The van der Waals surface area contributed by atoms with Crippen molar-refractivity contribution in [1.82, 2.24) is 15.1 Å². The van der Waals surface area contributed by atoms with Crippen LogP contribution in [0.2, 0.25) is 0 Å². The van der Waals surface area contributed by atoms with Crippen molar-refractivity contribution in [3.63, 3.8) is 0 Å². The van der Waals surface area contributed by atoms with Gasteiger partial charge in [0.05, 0.1) is 18.6 Å². The molecule has 0 bridgehead atoms. The van der Waals surface area contributed by atoms with E-state index >= 15 is 0 Å². The van der Waals surface area contributed by atoms with Gasteiger partial charge in [0, 0.05) is 29.4 Å². The highest BCUT2D eigenvalue weighted by atomic mass is 16.5. The van der Waals surface area contributed by atoms with Crippen LogP contribution in [-0.2, 0) is 36.4 Å². The Kier molecular flexibility index (Phi) is 7.23. The maximum absolute atomic E-state index is 13.3. The quantitative estimate of drug-likeness (QED) is 0.292. The summed E-state index contributed by atoms with van der Waals surface area (Å²) in [5.41, 5.74) is 5.50. The Balaban J connectivity index is 1.42. The first-order valence-electron chi connectivity index (χ1n) is 13.8. The second-order valence-electron chi connectivity index (χ2n) is 11.9. The second kappa shape index (κ2) is 10.3. The molecule has 0 spiro atoms. The maximum atomic E-state index is 13.3. The molecule has 0 aliphatic carbocycles. The van der Waals surface area contributed by atoms with Crippen molar-refractivity contribution in [2.75, 3.05) is 19.8 Å². The number of nitrogens with zero attached hydrogens (tertiary/aromatic N) is 2. The topological polar surface area (TPSA) is 105 Å². The molecule has 2 saturated heterocycles. The summed E-state index contributed by atoms with van der Waals surface area (Å²) in [7, 11) is 12.3. The zero-order chi connectivity index (χ0) is 29.0. The molecule has 3 aliphatic rings. The molecule has 3 heterocycles. The van der Waals surface area contributed by atoms with Crippen molar-refractivity contribution in [2.24, 2.45) is 0 Å². The number of imide groups is 1. The van der Waals surface area contributed by atoms with E-state index in [1.54, 1.807) is 12.1 Å². The lowest BCUT2D eigenvalue weighted by Crippen LogP contribution is -2.58. The number of hydrogen-bond donors (Lipinski definition) is 1. The summed E-state index contributed by atoms with van der Waals surface area (Å²) < 4.78 is 12.0. The summed E-state index contributed by atoms with van der Waals surface area (Å²) in [5, 5.41) is 1.10. The summed E-state index contributed by atoms with van der Waals surface area (Å²) in [6.07, 6.45) is 0.515. The summed E-state index contributed by atoms with van der Waals surface area (Å²) in [5.74, 6) is -0.407. The molecule has 5 rings (SSSR count). The molecule has 15 heteroatoms. The van der Waals surface area contributed by atoms with E-state index in [0.29, 0.717) is 30.9 Å². The minimum absolute atomic E-state index is 0.0140. The first-order chi connectivity index (χ1) is 18.8. The smallest absolute Gasteiger partial charge is 0.255 e. The maximum Gasteiger partial charge on any atom is 0.255 e. The average Bonchev–Trinajstić information content (AvgIpc) is 3.22. The van der Waals surface area contributed by atoms with E-state index in [2.05, 4.69) is 48.8 Å². The molecule has 0 radical (unpaired) electrons. The molecule has 2 fully saturated rings. The molecule has 2 aromatic carbocycles. The van der Waals surface area contributed by atoms with Crippen LogP contribution in [0.5, 0.6) is 5.75 Å². The van der Waals surface area contributed by atoms with E-state index in [4.69, 9.17) is 9.47 Å². The van der Waals surface area contributed by atoms with Gasteiger partial charge in [-0.1, -0.05) is 29.1 Å². The van der Waals surface area contributed by atoms with Crippen LogP contribution in [0.1, 0.15) is 39.9 Å². The van der Waals surface area contributed by atoms with Gasteiger partial charge in [-0.25, -0.2) is 0 Å². The molecule has 4 amide bonds. The van der Waals surface area contributed by atoms with Gasteiger partial charge in [0.2, 0.25) is 17.7 Å². The largest absolute Gasteiger partial charge is 0.501 e. The van der Waals surface area contributed by atoms with Crippen LogP contribution in [-0.4, -0.2) is 106 Å². The fourth-order valence-corrected chi connectivity index (χ4v) is 6.37. The highest BCUT2D eigenvalue weighted by Crippen LogP contribution is 2.36. The number of morpholine rings is 1. The van der Waals surface area contributed by atoms with Gasteiger partial charge in [-0.05, 0) is 29.7 Å². The van der Waals surface area contributed by atoms with E-state index in [0.717, 1.165) is 27.6 Å². The van der Waals surface area contributed by atoms with E-state index in [1.807, 2.05) is 26.7 Å². The van der Waals surface area contributed by atoms with Crippen LogP contribution < -0.4 is 21.0 Å². The molecule has 0 saturated carbocycles. The Morgan fingerprint density at radius 1 is 0.975 bits per heavy atom. The molecule has 40 heavy (non-hydrogen) atoms. The molecular weight excluding hydrogens is 503 g/mol. The van der Waals surface area contributed by atoms with Crippen molar-refractivity contribution in [2.45, 2.75) is 36.2 Å². The van der Waals surface area contributed by atoms with Gasteiger partial charge in [-0.2, -0.15) is 0 Å². The van der Waals surface area contributed by atoms with Gasteiger partial charge in [-0.15, -0.1) is 0 Å². The Bertz CT molecular complexity index is 1430. The average molecular weight is 534 g/mol. The third-order valence-corrected chi connectivity index (χ3v) is 8.66. The van der Waals surface area contributed by atoms with Crippen molar-refractivity contribution in [1.29, 1.82) is 0 Å². The summed E-state index contributed by atoms with van der Waals surface area (Å²) in [6, 6.07) is 8.86. The number of ether oxygens (including phenoxy) is 2. The van der Waals surface area contributed by atoms with Crippen LogP contribution in [0.15, 0.2) is 30.3 Å². The Hall–Kier alpha value is -3.33. The molecule has 2 aromatic rings. The number of fused-ring (bicyclic) bond motifs is 1. The van der Waals surface area contributed by atoms with Gasteiger partial charge in [0.25, 0.3) is 5.91 Å². The standard InChI is InChI=1S/C25H31B6N3O6/c26-20-14(24(28,29)34-8-9-39-11-19(34)36)4-5-15(21(20)27)25(30,31)40-17-3-1-2-12-13(17)10-33(23(12)38)16-6-7-18(35)32-22(16)37/h1-5,16H,6-11,26-31H2,(H,32,35,37). The molecule has 1 atom stereocenters. The first kappa shape index (κ1) is 28.2. The zero-order valence-corrected chi connectivity index (χ0v) is 24.1.